The Labute approximate surface area is 177 Å². The molecule has 10 heteroatoms. The zero-order chi connectivity index (χ0) is 20.7. The third kappa shape index (κ3) is 2.33. The van der Waals surface area contributed by atoms with Crippen LogP contribution in [0.2, 0.25) is 0 Å². The molecular weight excluding hydrogens is 408 g/mol. The van der Waals surface area contributed by atoms with Gasteiger partial charge in [0.15, 0.2) is 17.7 Å². The Hall–Kier alpha value is -1.87. The number of anilines is 1. The highest BCUT2D eigenvalue weighted by Gasteiger charge is 2.89. The molecule has 2 aromatic rings. The van der Waals surface area contributed by atoms with Crippen molar-refractivity contribution in [2.75, 3.05) is 12.3 Å². The lowest BCUT2D eigenvalue weighted by Gasteiger charge is -2.31. The Morgan fingerprint density at radius 1 is 1.30 bits per heavy atom. The Morgan fingerprint density at radius 3 is 2.93 bits per heavy atom. The van der Waals surface area contributed by atoms with Crippen LogP contribution >= 0.6 is 11.3 Å². The Kier molecular flexibility index (Phi) is 3.83. The zero-order valence-electron chi connectivity index (χ0n) is 16.7. The Morgan fingerprint density at radius 2 is 2.17 bits per heavy atom. The Balaban J connectivity index is 1.40. The summed E-state index contributed by atoms with van der Waals surface area (Å²) >= 11 is 1.37. The van der Waals surface area contributed by atoms with Crippen molar-refractivity contribution in [1.82, 2.24) is 9.97 Å². The van der Waals surface area contributed by atoms with Gasteiger partial charge >= 0.3 is 0 Å². The molecule has 1 saturated carbocycles. The van der Waals surface area contributed by atoms with Gasteiger partial charge in [0.25, 0.3) is 0 Å². The van der Waals surface area contributed by atoms with Gasteiger partial charge in [-0.25, -0.2) is 9.97 Å². The second kappa shape index (κ2) is 6.09. The number of thiophene rings is 1. The maximum absolute atomic E-state index is 10.3. The van der Waals surface area contributed by atoms with Gasteiger partial charge in [0.05, 0.1) is 15.8 Å². The summed E-state index contributed by atoms with van der Waals surface area (Å²) in [6.45, 7) is 4.38. The summed E-state index contributed by atoms with van der Waals surface area (Å²) in [5.74, 6) is -0.505. The molecule has 2 unspecified atom stereocenters. The fraction of sp³-hybridized carbons (Fsp3) is 0.650. The predicted molar refractivity (Wildman–Crippen MR) is 105 cm³/mol. The first-order valence-electron chi connectivity index (χ1n) is 10.1. The maximum Gasteiger partial charge on any atom is 0.220 e. The normalized spacial score (nSPS) is 41.4. The van der Waals surface area contributed by atoms with E-state index >= 15 is 0 Å². The van der Waals surface area contributed by atoms with E-state index in [1.807, 2.05) is 19.2 Å². The number of rotatable bonds is 3. The second-order valence-corrected chi connectivity index (χ2v) is 9.56. The van der Waals surface area contributed by atoms with Crippen molar-refractivity contribution in [2.24, 2.45) is 0 Å². The van der Waals surface area contributed by atoms with Crippen LogP contribution in [-0.4, -0.2) is 52.6 Å². The third-order valence-corrected chi connectivity index (χ3v) is 7.42. The number of nitrogens with two attached hydrogens (primary N) is 1. The highest BCUT2D eigenvalue weighted by molar-refractivity contribution is 7.11. The molecule has 158 valence electrons. The fourth-order valence-electron chi connectivity index (χ4n) is 5.04. The summed E-state index contributed by atoms with van der Waals surface area (Å²) in [4.78, 5) is 9.08. The molecule has 4 fully saturated rings. The minimum atomic E-state index is -1.36. The molecule has 1 spiro atoms. The van der Waals surface area contributed by atoms with E-state index in [4.69, 9.17) is 29.4 Å². The molecule has 4 aliphatic rings. The molecule has 0 amide bonds. The maximum atomic E-state index is 10.3. The van der Waals surface area contributed by atoms with E-state index in [2.05, 4.69) is 16.0 Å². The van der Waals surface area contributed by atoms with Gasteiger partial charge < -0.3 is 29.4 Å². The summed E-state index contributed by atoms with van der Waals surface area (Å²) in [6.07, 6.45) is 2.61. The number of hydrogen-bond acceptors (Lipinski definition) is 10. The van der Waals surface area contributed by atoms with Gasteiger partial charge in [-0.3, -0.25) is 0 Å². The highest BCUT2D eigenvalue weighted by Crippen LogP contribution is 2.68. The van der Waals surface area contributed by atoms with Crippen LogP contribution in [0.5, 0.6) is 0 Å². The molecule has 0 radical (unpaired) electrons. The van der Waals surface area contributed by atoms with E-state index in [-0.39, 0.29) is 12.4 Å². The van der Waals surface area contributed by atoms with E-state index in [0.29, 0.717) is 28.2 Å². The number of fused-ring (bicyclic) bond motifs is 1. The SMILES string of the molecule is CC1(C)O[C@@H]2[C@@]3(O1)C(OC1CCCCO1)[C@H]3O[C@@]2(C#N)c1scc2c(N)ncnc12. The van der Waals surface area contributed by atoms with Crippen molar-refractivity contribution >= 4 is 28.1 Å². The number of nitrogens with zero attached hydrogens (tertiary/aromatic N) is 3. The first-order valence-corrected chi connectivity index (χ1v) is 11.0. The van der Waals surface area contributed by atoms with Crippen molar-refractivity contribution < 1.29 is 23.7 Å². The average Bonchev–Trinajstić information content (AvgIpc) is 3.08. The lowest BCUT2D eigenvalue weighted by atomic mass is 9.91. The molecule has 3 aliphatic heterocycles. The van der Waals surface area contributed by atoms with Gasteiger partial charge in [-0.2, -0.15) is 5.26 Å². The number of nitriles is 1. The quantitative estimate of drug-likeness (QED) is 0.781. The van der Waals surface area contributed by atoms with E-state index < -0.39 is 29.2 Å². The van der Waals surface area contributed by atoms with Gasteiger partial charge in [0.1, 0.15) is 36.5 Å². The molecule has 3 saturated heterocycles. The number of ether oxygens (including phenoxy) is 5. The van der Waals surface area contributed by atoms with Crippen LogP contribution in [0, 0.1) is 11.3 Å². The van der Waals surface area contributed by atoms with Crippen LogP contribution in [0.15, 0.2) is 11.7 Å². The van der Waals surface area contributed by atoms with Crippen LogP contribution in [0.4, 0.5) is 5.82 Å². The molecular formula is C20H22N4O5S. The predicted octanol–water partition coefficient (Wildman–Crippen LogP) is 2.21. The lowest BCUT2D eigenvalue weighted by Crippen LogP contribution is -2.45. The molecule has 5 heterocycles. The van der Waals surface area contributed by atoms with E-state index in [0.717, 1.165) is 19.3 Å². The van der Waals surface area contributed by atoms with Crippen molar-refractivity contribution in [3.8, 4) is 6.07 Å². The standard InChI is InChI=1S/C20H22N4O5S/c1-18(2)28-17-19(8-21,15-12-10(7-30-15)16(22)24-9-23-12)27-14-13(20(14,17)29-18)26-11-5-3-4-6-25-11/h7,9,11,13-14,17H,3-6H2,1-2H3,(H2,22,23,24)/t11?,13?,14-,17+,19+,20-/m1/s1. The van der Waals surface area contributed by atoms with E-state index in [9.17, 15) is 5.26 Å². The minimum absolute atomic E-state index is 0.285. The number of hydrogen-bond donors (Lipinski definition) is 1. The second-order valence-electron chi connectivity index (χ2n) is 8.68. The molecule has 2 N–H and O–H groups in total. The van der Waals surface area contributed by atoms with Gasteiger partial charge in [0.2, 0.25) is 5.60 Å². The van der Waals surface area contributed by atoms with Crippen LogP contribution in [0.25, 0.3) is 10.9 Å². The number of aromatic nitrogens is 2. The van der Waals surface area contributed by atoms with Gasteiger partial charge in [-0.05, 0) is 33.1 Å². The first kappa shape index (κ1) is 18.9. The largest absolute Gasteiger partial charge is 0.383 e. The smallest absolute Gasteiger partial charge is 0.220 e. The van der Waals surface area contributed by atoms with Crippen LogP contribution < -0.4 is 5.73 Å². The summed E-state index contributed by atoms with van der Waals surface area (Å²) in [7, 11) is 0. The topological polar surface area (TPSA) is 122 Å². The van der Waals surface area contributed by atoms with Crippen LogP contribution in [0.3, 0.4) is 0 Å². The van der Waals surface area contributed by atoms with Crippen molar-refractivity contribution in [3.05, 3.63) is 16.6 Å². The third-order valence-electron chi connectivity index (χ3n) is 6.34. The summed E-state index contributed by atoms with van der Waals surface area (Å²) < 4.78 is 31.0. The zero-order valence-corrected chi connectivity index (χ0v) is 17.5. The van der Waals surface area contributed by atoms with Crippen LogP contribution in [0.1, 0.15) is 38.0 Å². The van der Waals surface area contributed by atoms with E-state index in [1.165, 1.54) is 17.7 Å². The first-order chi connectivity index (χ1) is 14.4. The molecule has 1 aliphatic carbocycles. The monoisotopic (exact) mass is 430 g/mol. The Bertz CT molecular complexity index is 1060. The fourth-order valence-corrected chi connectivity index (χ4v) is 6.16. The van der Waals surface area contributed by atoms with Gasteiger partial charge in [0, 0.05) is 12.0 Å². The summed E-state index contributed by atoms with van der Waals surface area (Å²) in [6, 6.07) is 2.38. The lowest BCUT2D eigenvalue weighted by molar-refractivity contribution is -0.195. The van der Waals surface area contributed by atoms with Crippen molar-refractivity contribution in [3.63, 3.8) is 0 Å². The molecule has 0 bridgehead atoms. The van der Waals surface area contributed by atoms with Gasteiger partial charge in [-0.15, -0.1) is 11.3 Å². The molecule has 2 aromatic heterocycles. The summed E-state index contributed by atoms with van der Waals surface area (Å²) in [5.41, 5.74) is 4.39. The number of nitrogen functional groups attached to an aromatic ring is 1. The van der Waals surface area contributed by atoms with Crippen molar-refractivity contribution in [1.29, 1.82) is 5.26 Å². The molecule has 30 heavy (non-hydrogen) atoms. The van der Waals surface area contributed by atoms with Gasteiger partial charge in [-0.1, -0.05) is 0 Å². The van der Waals surface area contributed by atoms with Crippen LogP contribution in [-0.2, 0) is 29.3 Å². The highest BCUT2D eigenvalue weighted by atomic mass is 32.1. The molecule has 0 aromatic carbocycles. The minimum Gasteiger partial charge on any atom is -0.383 e. The summed E-state index contributed by atoms with van der Waals surface area (Å²) in [5, 5.41) is 12.9. The molecule has 6 rings (SSSR count). The molecule has 9 nitrogen and oxygen atoms in total. The van der Waals surface area contributed by atoms with Crippen molar-refractivity contribution in [2.45, 2.75) is 74.7 Å². The average molecular weight is 430 g/mol. The molecule has 6 atom stereocenters. The van der Waals surface area contributed by atoms with E-state index in [1.54, 1.807) is 0 Å².